The Morgan fingerprint density at radius 2 is 1.95 bits per heavy atom. The molecule has 0 atom stereocenters. The number of amides is 2. The number of nitrogens with one attached hydrogen (secondary N) is 2. The van der Waals surface area contributed by atoms with E-state index < -0.39 is 29.3 Å². The molecule has 8 heteroatoms. The van der Waals surface area contributed by atoms with Crippen molar-refractivity contribution in [3.63, 3.8) is 0 Å². The molecule has 0 unspecified atom stereocenters. The Morgan fingerprint density at radius 1 is 1.33 bits per heavy atom. The topological polar surface area (TPSA) is 78.4 Å². The number of hydrogen-bond acceptors (Lipinski definition) is 2. The lowest BCUT2D eigenvalue weighted by Crippen LogP contribution is -2.30. The van der Waals surface area contributed by atoms with Gasteiger partial charge < -0.3 is 15.7 Å². The Kier molecular flexibility index (Phi) is 4.96. The number of benzene rings is 1. The summed E-state index contributed by atoms with van der Waals surface area (Å²) >= 11 is 0. The molecule has 0 fully saturated rings. The second-order valence-corrected chi connectivity index (χ2v) is 4.33. The minimum Gasteiger partial charge on any atom is -0.478 e. The van der Waals surface area contributed by atoms with Crippen LogP contribution in [0.25, 0.3) is 0 Å². The summed E-state index contributed by atoms with van der Waals surface area (Å²) in [6.45, 7) is 5.39. The first-order valence-corrected chi connectivity index (χ1v) is 5.75. The van der Waals surface area contributed by atoms with Crippen molar-refractivity contribution < 1.29 is 27.9 Å². The summed E-state index contributed by atoms with van der Waals surface area (Å²) in [7, 11) is 0. The number of halogens is 3. The van der Waals surface area contributed by atoms with Gasteiger partial charge in [-0.1, -0.05) is 12.2 Å². The smallest absolute Gasteiger partial charge is 0.416 e. The summed E-state index contributed by atoms with van der Waals surface area (Å²) in [5, 5.41) is 13.5. The maximum atomic E-state index is 12.5. The fourth-order valence-corrected chi connectivity index (χ4v) is 1.40. The van der Waals surface area contributed by atoms with Crippen LogP contribution in [-0.2, 0) is 6.18 Å². The molecule has 1 aromatic carbocycles. The first-order chi connectivity index (χ1) is 9.61. The molecule has 0 aliphatic carbocycles. The molecule has 1 rings (SSSR count). The van der Waals surface area contributed by atoms with Crippen LogP contribution in [0, 0.1) is 0 Å². The summed E-state index contributed by atoms with van der Waals surface area (Å²) in [6.07, 6.45) is -4.66. The number of rotatable bonds is 4. The lowest BCUT2D eigenvalue weighted by atomic mass is 10.1. The Balaban J connectivity index is 3.00. The molecule has 21 heavy (non-hydrogen) atoms. The molecule has 0 aliphatic heterocycles. The average Bonchev–Trinajstić information content (AvgIpc) is 2.35. The van der Waals surface area contributed by atoms with E-state index in [9.17, 15) is 22.8 Å². The second-order valence-electron chi connectivity index (χ2n) is 4.33. The molecule has 1 aromatic rings. The summed E-state index contributed by atoms with van der Waals surface area (Å²) in [5.74, 6) is -1.57. The molecule has 3 N–H and O–H groups in total. The van der Waals surface area contributed by atoms with Crippen LogP contribution in [0.4, 0.5) is 23.7 Å². The van der Waals surface area contributed by atoms with Crippen LogP contribution in [0.1, 0.15) is 22.8 Å². The quantitative estimate of drug-likeness (QED) is 0.748. The third kappa shape index (κ3) is 4.83. The summed E-state index contributed by atoms with van der Waals surface area (Å²) in [5.41, 5.74) is -1.31. The Bertz CT molecular complexity index is 583. The van der Waals surface area contributed by atoms with E-state index in [2.05, 4.69) is 17.2 Å². The van der Waals surface area contributed by atoms with Crippen molar-refractivity contribution in [1.82, 2.24) is 5.32 Å². The maximum Gasteiger partial charge on any atom is 0.416 e. The lowest BCUT2D eigenvalue weighted by Gasteiger charge is -2.12. The minimum absolute atomic E-state index is 0.162. The van der Waals surface area contributed by atoms with Gasteiger partial charge in [-0.2, -0.15) is 13.2 Å². The molecule has 0 saturated carbocycles. The fraction of sp³-hybridized carbons (Fsp3) is 0.231. The van der Waals surface area contributed by atoms with Gasteiger partial charge >= 0.3 is 18.2 Å². The molecule has 0 heterocycles. The molecule has 0 bridgehead atoms. The molecule has 0 radical (unpaired) electrons. The fourth-order valence-electron chi connectivity index (χ4n) is 1.40. The molecule has 114 valence electrons. The second kappa shape index (κ2) is 6.29. The molecular formula is C13H13F3N2O3. The van der Waals surface area contributed by atoms with Crippen LogP contribution in [0.2, 0.25) is 0 Å². The van der Waals surface area contributed by atoms with E-state index in [0.29, 0.717) is 17.7 Å². The van der Waals surface area contributed by atoms with Crippen LogP contribution < -0.4 is 10.6 Å². The van der Waals surface area contributed by atoms with Crippen molar-refractivity contribution in [3.05, 3.63) is 41.5 Å². The predicted molar refractivity (Wildman–Crippen MR) is 70.2 cm³/mol. The van der Waals surface area contributed by atoms with Gasteiger partial charge in [0.2, 0.25) is 0 Å². The third-order valence-corrected chi connectivity index (χ3v) is 2.38. The van der Waals surface area contributed by atoms with Gasteiger partial charge in [0, 0.05) is 6.54 Å². The third-order valence-electron chi connectivity index (χ3n) is 2.38. The van der Waals surface area contributed by atoms with Gasteiger partial charge in [0.1, 0.15) is 0 Å². The normalized spacial score (nSPS) is 10.9. The van der Waals surface area contributed by atoms with Crippen molar-refractivity contribution in [2.24, 2.45) is 0 Å². The molecule has 5 nitrogen and oxygen atoms in total. The number of alkyl halides is 3. The molecule has 0 saturated heterocycles. The Hall–Kier alpha value is -2.51. The van der Waals surface area contributed by atoms with Gasteiger partial charge in [-0.15, -0.1) is 0 Å². The Labute approximate surface area is 118 Å². The number of carboxylic acids is 1. The van der Waals surface area contributed by atoms with E-state index in [1.165, 1.54) is 0 Å². The SMILES string of the molecule is C=C(C)CNC(=O)Nc1ccc(C(F)(F)F)cc1C(=O)O. The van der Waals surface area contributed by atoms with E-state index in [1.54, 1.807) is 6.92 Å². The lowest BCUT2D eigenvalue weighted by molar-refractivity contribution is -0.137. The van der Waals surface area contributed by atoms with Crippen molar-refractivity contribution in [2.45, 2.75) is 13.1 Å². The van der Waals surface area contributed by atoms with E-state index in [0.717, 1.165) is 6.07 Å². The minimum atomic E-state index is -4.66. The maximum absolute atomic E-state index is 12.5. The van der Waals surface area contributed by atoms with Gasteiger partial charge in [-0.05, 0) is 25.1 Å². The van der Waals surface area contributed by atoms with Crippen LogP contribution in [0.5, 0.6) is 0 Å². The van der Waals surface area contributed by atoms with Gasteiger partial charge in [0.15, 0.2) is 0 Å². The van der Waals surface area contributed by atoms with Crippen LogP contribution in [0.3, 0.4) is 0 Å². The number of carbonyl (C=O) groups excluding carboxylic acids is 1. The van der Waals surface area contributed by atoms with E-state index >= 15 is 0 Å². The number of hydrogen-bond donors (Lipinski definition) is 3. The molecule has 0 aliphatic rings. The largest absolute Gasteiger partial charge is 0.478 e. The first-order valence-electron chi connectivity index (χ1n) is 5.75. The number of anilines is 1. The Morgan fingerprint density at radius 3 is 2.43 bits per heavy atom. The predicted octanol–water partition coefficient (Wildman–Crippen LogP) is 3.10. The van der Waals surface area contributed by atoms with Crippen LogP contribution in [0.15, 0.2) is 30.4 Å². The number of carbonyl (C=O) groups is 2. The van der Waals surface area contributed by atoms with Crippen molar-refractivity contribution in [1.29, 1.82) is 0 Å². The van der Waals surface area contributed by atoms with Crippen LogP contribution in [-0.4, -0.2) is 23.7 Å². The van der Waals surface area contributed by atoms with Gasteiger partial charge in [-0.25, -0.2) is 9.59 Å². The average molecular weight is 302 g/mol. The highest BCUT2D eigenvalue weighted by Gasteiger charge is 2.32. The van der Waals surface area contributed by atoms with Gasteiger partial charge in [0.05, 0.1) is 16.8 Å². The zero-order chi connectivity index (χ0) is 16.2. The standard InChI is InChI=1S/C13H13F3N2O3/c1-7(2)6-17-12(21)18-10-4-3-8(13(14,15)16)5-9(10)11(19)20/h3-5H,1,6H2,2H3,(H,19,20)(H2,17,18,21). The number of carboxylic acid groups (broad SMARTS) is 1. The highest BCUT2D eigenvalue weighted by atomic mass is 19.4. The molecule has 0 spiro atoms. The molecule has 2 amide bonds. The van der Waals surface area contributed by atoms with Crippen molar-refractivity contribution in [3.8, 4) is 0 Å². The molecular weight excluding hydrogens is 289 g/mol. The zero-order valence-electron chi connectivity index (χ0n) is 11.0. The van der Waals surface area contributed by atoms with Gasteiger partial charge in [-0.3, -0.25) is 0 Å². The van der Waals surface area contributed by atoms with Crippen LogP contribution >= 0.6 is 0 Å². The molecule has 0 aromatic heterocycles. The van der Waals surface area contributed by atoms with Gasteiger partial charge in [0.25, 0.3) is 0 Å². The van der Waals surface area contributed by atoms with Crippen molar-refractivity contribution in [2.75, 3.05) is 11.9 Å². The summed E-state index contributed by atoms with van der Waals surface area (Å²) < 4.78 is 37.6. The van der Waals surface area contributed by atoms with E-state index in [1.807, 2.05) is 0 Å². The first kappa shape index (κ1) is 16.5. The van der Waals surface area contributed by atoms with Crippen molar-refractivity contribution >= 4 is 17.7 Å². The van der Waals surface area contributed by atoms with E-state index in [4.69, 9.17) is 5.11 Å². The monoisotopic (exact) mass is 302 g/mol. The summed E-state index contributed by atoms with van der Waals surface area (Å²) in [6, 6.07) is 1.32. The van der Waals surface area contributed by atoms with E-state index in [-0.39, 0.29) is 12.2 Å². The summed E-state index contributed by atoms with van der Waals surface area (Å²) in [4.78, 5) is 22.5. The number of urea groups is 1. The number of aromatic carboxylic acids is 1. The highest BCUT2D eigenvalue weighted by molar-refractivity contribution is 6.00. The zero-order valence-corrected chi connectivity index (χ0v) is 11.0. The highest BCUT2D eigenvalue weighted by Crippen LogP contribution is 2.31.